The molecule has 0 saturated carbocycles. The molecule has 0 spiro atoms. The molecule has 2 N–H and O–H groups in total. The molecule has 2 unspecified atom stereocenters. The highest BCUT2D eigenvalue weighted by molar-refractivity contribution is 14.1. The zero-order valence-electron chi connectivity index (χ0n) is 9.66. The maximum atomic E-state index is 6.22. The Morgan fingerprint density at radius 1 is 1.53 bits per heavy atom. The van der Waals surface area contributed by atoms with E-state index in [2.05, 4.69) is 22.6 Å². The Hall–Kier alpha value is 0.160. The smallest absolute Gasteiger partial charge is 0.0576 e. The van der Waals surface area contributed by atoms with Gasteiger partial charge in [0.15, 0.2) is 0 Å². The van der Waals surface area contributed by atoms with Gasteiger partial charge >= 0.3 is 0 Å². The normalized spacial score (nSPS) is 21.7. The summed E-state index contributed by atoms with van der Waals surface area (Å²) in [5.41, 5.74) is 7.37. The summed E-state index contributed by atoms with van der Waals surface area (Å²) in [5, 5.41) is 0.757. The van der Waals surface area contributed by atoms with E-state index in [4.69, 9.17) is 22.1 Å². The minimum atomic E-state index is 0.0600. The monoisotopic (exact) mass is 365 g/mol. The van der Waals surface area contributed by atoms with Crippen molar-refractivity contribution in [1.29, 1.82) is 0 Å². The van der Waals surface area contributed by atoms with Crippen LogP contribution in [0.3, 0.4) is 0 Å². The Kier molecular flexibility index (Phi) is 5.09. The van der Waals surface area contributed by atoms with Crippen LogP contribution in [0.5, 0.6) is 0 Å². The fourth-order valence-electron chi connectivity index (χ4n) is 2.19. The van der Waals surface area contributed by atoms with Gasteiger partial charge in [-0.25, -0.2) is 0 Å². The Morgan fingerprint density at radius 2 is 2.35 bits per heavy atom. The highest BCUT2D eigenvalue weighted by Gasteiger charge is 2.18. The highest BCUT2D eigenvalue weighted by atomic mass is 127. The first-order valence-corrected chi connectivity index (χ1v) is 7.44. The van der Waals surface area contributed by atoms with Gasteiger partial charge in [-0.2, -0.15) is 0 Å². The quantitative estimate of drug-likeness (QED) is 0.821. The fraction of sp³-hybridized carbons (Fsp3) is 0.538. The second-order valence-corrected chi connectivity index (χ2v) is 6.08. The lowest BCUT2D eigenvalue weighted by Crippen LogP contribution is -2.15. The lowest BCUT2D eigenvalue weighted by Gasteiger charge is -2.16. The molecule has 0 amide bonds. The summed E-state index contributed by atoms with van der Waals surface area (Å²) >= 11 is 8.31. The summed E-state index contributed by atoms with van der Waals surface area (Å²) in [5.74, 6) is 0. The molecule has 17 heavy (non-hydrogen) atoms. The molecule has 4 heteroatoms. The zero-order chi connectivity index (χ0) is 12.3. The second-order valence-electron chi connectivity index (χ2n) is 4.48. The van der Waals surface area contributed by atoms with Crippen molar-refractivity contribution in [1.82, 2.24) is 0 Å². The summed E-state index contributed by atoms with van der Waals surface area (Å²) in [7, 11) is 0. The number of benzene rings is 1. The average Bonchev–Trinajstić information content (AvgIpc) is 2.82. The van der Waals surface area contributed by atoms with Gasteiger partial charge in [0.05, 0.1) is 6.10 Å². The van der Waals surface area contributed by atoms with Gasteiger partial charge in [-0.1, -0.05) is 11.6 Å². The molecule has 0 bridgehead atoms. The van der Waals surface area contributed by atoms with Gasteiger partial charge in [-0.05, 0) is 72.0 Å². The average molecular weight is 366 g/mol. The summed E-state index contributed by atoms with van der Waals surface area (Å²) in [6.07, 6.45) is 4.79. The maximum Gasteiger partial charge on any atom is 0.0576 e. The van der Waals surface area contributed by atoms with E-state index >= 15 is 0 Å². The predicted molar refractivity (Wildman–Crippen MR) is 79.3 cm³/mol. The van der Waals surface area contributed by atoms with Gasteiger partial charge in [0.1, 0.15) is 0 Å². The topological polar surface area (TPSA) is 35.2 Å². The number of halogens is 2. The number of ether oxygens (including phenoxy) is 1. The number of hydrogen-bond acceptors (Lipinski definition) is 2. The Balaban J connectivity index is 1.93. The third-order valence-corrected chi connectivity index (χ3v) is 4.40. The first-order chi connectivity index (χ1) is 8.16. The van der Waals surface area contributed by atoms with Crippen molar-refractivity contribution in [2.75, 3.05) is 6.61 Å². The van der Waals surface area contributed by atoms with E-state index in [0.29, 0.717) is 6.10 Å². The summed E-state index contributed by atoms with van der Waals surface area (Å²) in [6, 6.07) is 5.96. The number of rotatable bonds is 4. The molecule has 2 nitrogen and oxygen atoms in total. The Morgan fingerprint density at radius 3 is 3.06 bits per heavy atom. The molecule has 1 heterocycles. The van der Waals surface area contributed by atoms with Gasteiger partial charge in [-0.15, -0.1) is 0 Å². The van der Waals surface area contributed by atoms with E-state index in [1.54, 1.807) is 0 Å². The predicted octanol–water partition coefficient (Wildman–Crippen LogP) is 3.90. The van der Waals surface area contributed by atoms with Crippen LogP contribution < -0.4 is 5.73 Å². The van der Waals surface area contributed by atoms with E-state index in [-0.39, 0.29) is 6.04 Å². The molecule has 1 aliphatic heterocycles. The van der Waals surface area contributed by atoms with Crippen molar-refractivity contribution in [2.45, 2.75) is 37.8 Å². The second kappa shape index (κ2) is 6.36. The molecular weight excluding hydrogens is 349 g/mol. The third kappa shape index (κ3) is 3.81. The van der Waals surface area contributed by atoms with E-state index in [1.807, 2.05) is 18.2 Å². The molecule has 2 rings (SSSR count). The summed E-state index contributed by atoms with van der Waals surface area (Å²) in [6.45, 7) is 0.911. The van der Waals surface area contributed by atoms with Crippen LogP contribution in [0.25, 0.3) is 0 Å². The van der Waals surface area contributed by atoms with Crippen LogP contribution >= 0.6 is 34.2 Å². The van der Waals surface area contributed by atoms with Crippen molar-refractivity contribution in [3.63, 3.8) is 0 Å². The van der Waals surface area contributed by atoms with Crippen molar-refractivity contribution < 1.29 is 4.74 Å². The van der Waals surface area contributed by atoms with Gasteiger partial charge in [0, 0.05) is 21.2 Å². The van der Waals surface area contributed by atoms with Crippen molar-refractivity contribution in [3.05, 3.63) is 32.4 Å². The van der Waals surface area contributed by atoms with Crippen molar-refractivity contribution in [2.24, 2.45) is 5.73 Å². The first-order valence-electron chi connectivity index (χ1n) is 5.99. The molecule has 1 aromatic carbocycles. The van der Waals surface area contributed by atoms with Crippen LogP contribution in [0.2, 0.25) is 5.02 Å². The molecule has 2 atom stereocenters. The van der Waals surface area contributed by atoms with Gasteiger partial charge in [0.2, 0.25) is 0 Å². The van der Waals surface area contributed by atoms with Crippen LogP contribution in [0.4, 0.5) is 0 Å². The summed E-state index contributed by atoms with van der Waals surface area (Å²) < 4.78 is 6.80. The van der Waals surface area contributed by atoms with Crippen molar-refractivity contribution in [3.8, 4) is 0 Å². The molecule has 1 saturated heterocycles. The van der Waals surface area contributed by atoms with Crippen LogP contribution in [0, 0.1) is 3.57 Å². The molecule has 94 valence electrons. The van der Waals surface area contributed by atoms with Gasteiger partial charge in [-0.3, -0.25) is 0 Å². The van der Waals surface area contributed by atoms with Crippen LogP contribution in [-0.2, 0) is 4.74 Å². The fourth-order valence-corrected chi connectivity index (χ4v) is 3.11. The third-order valence-electron chi connectivity index (χ3n) is 3.18. The van der Waals surface area contributed by atoms with Gasteiger partial charge in [0.25, 0.3) is 0 Å². The van der Waals surface area contributed by atoms with E-state index < -0.39 is 0 Å². The maximum absolute atomic E-state index is 6.22. The molecule has 0 radical (unpaired) electrons. The SMILES string of the molecule is NC(CCC1CCCO1)c1cc(Cl)ccc1I. The van der Waals surface area contributed by atoms with Crippen LogP contribution in [0.15, 0.2) is 18.2 Å². The molecule has 1 aliphatic rings. The molecule has 1 fully saturated rings. The van der Waals surface area contributed by atoms with E-state index in [1.165, 1.54) is 16.4 Å². The largest absolute Gasteiger partial charge is 0.378 e. The standard InChI is InChI=1S/C13H17ClINO/c14-9-3-5-12(15)11(8-9)13(16)6-4-10-2-1-7-17-10/h3,5,8,10,13H,1-2,4,6-7,16H2. The Bertz CT molecular complexity index is 380. The lowest BCUT2D eigenvalue weighted by molar-refractivity contribution is 0.101. The highest BCUT2D eigenvalue weighted by Crippen LogP contribution is 2.27. The minimum absolute atomic E-state index is 0.0600. The minimum Gasteiger partial charge on any atom is -0.378 e. The van der Waals surface area contributed by atoms with Crippen molar-refractivity contribution >= 4 is 34.2 Å². The zero-order valence-corrected chi connectivity index (χ0v) is 12.6. The van der Waals surface area contributed by atoms with E-state index in [9.17, 15) is 0 Å². The Labute approximate surface area is 121 Å². The first kappa shape index (κ1) is 13.6. The van der Waals surface area contributed by atoms with Gasteiger partial charge < -0.3 is 10.5 Å². The lowest BCUT2D eigenvalue weighted by atomic mass is 10.0. The van der Waals surface area contributed by atoms with E-state index in [0.717, 1.165) is 30.0 Å². The van der Waals surface area contributed by atoms with Crippen LogP contribution in [0.1, 0.15) is 37.3 Å². The summed E-state index contributed by atoms with van der Waals surface area (Å²) in [4.78, 5) is 0. The molecule has 1 aromatic rings. The van der Waals surface area contributed by atoms with Crippen LogP contribution in [-0.4, -0.2) is 12.7 Å². The molecular formula is C13H17ClINO. The molecule has 0 aliphatic carbocycles. The molecule has 0 aromatic heterocycles. The number of nitrogens with two attached hydrogens (primary N) is 1. The number of hydrogen-bond donors (Lipinski definition) is 1.